The van der Waals surface area contributed by atoms with E-state index in [1.807, 2.05) is 5.38 Å². The van der Waals surface area contributed by atoms with Crippen molar-refractivity contribution in [3.05, 3.63) is 41.0 Å². The normalized spacial score (nSPS) is 11.0. The van der Waals surface area contributed by atoms with Gasteiger partial charge in [-0.05, 0) is 6.07 Å². The van der Waals surface area contributed by atoms with E-state index in [1.165, 1.54) is 28.9 Å². The lowest BCUT2D eigenvalue weighted by molar-refractivity contribution is 0.0696. The fourth-order valence-corrected chi connectivity index (χ4v) is 3.57. The summed E-state index contributed by atoms with van der Waals surface area (Å²) in [6.45, 7) is 0. The molecule has 3 heterocycles. The standard InChI is InChI=1S/C15H8N4O3S2/c20-12-7(13-16-1-3-23-13)5-8-11(10(12)15(21)22)18-6-9(19-8)14-17-2-4-24-14/h1-6,20H,(H,21,22). The number of aromatic nitrogens is 4. The Morgan fingerprint density at radius 3 is 2.38 bits per heavy atom. The SMILES string of the molecule is O=C(O)c1c(O)c(-c2nccs2)cc2nc(-c3nccs3)cnc12. The summed E-state index contributed by atoms with van der Waals surface area (Å²) >= 11 is 2.71. The number of thiazole rings is 2. The Morgan fingerprint density at radius 1 is 1.04 bits per heavy atom. The summed E-state index contributed by atoms with van der Waals surface area (Å²) in [5.74, 6) is -1.63. The molecular weight excluding hydrogens is 348 g/mol. The average Bonchev–Trinajstić information content (AvgIpc) is 3.27. The molecule has 24 heavy (non-hydrogen) atoms. The van der Waals surface area contributed by atoms with Crippen LogP contribution in [0.1, 0.15) is 10.4 Å². The molecule has 7 nitrogen and oxygen atoms in total. The molecule has 0 bridgehead atoms. The van der Waals surface area contributed by atoms with E-state index in [2.05, 4.69) is 19.9 Å². The first-order valence-corrected chi connectivity index (χ1v) is 8.47. The number of benzene rings is 1. The van der Waals surface area contributed by atoms with Crippen LogP contribution in [0.15, 0.2) is 35.4 Å². The van der Waals surface area contributed by atoms with Gasteiger partial charge in [0.1, 0.15) is 32.5 Å². The number of hydrogen-bond acceptors (Lipinski definition) is 8. The van der Waals surface area contributed by atoms with Gasteiger partial charge in [-0.3, -0.25) is 4.98 Å². The van der Waals surface area contributed by atoms with Gasteiger partial charge in [-0.1, -0.05) is 0 Å². The Balaban J connectivity index is 2.04. The van der Waals surface area contributed by atoms with Crippen molar-refractivity contribution in [3.8, 4) is 27.0 Å². The van der Waals surface area contributed by atoms with E-state index < -0.39 is 5.97 Å². The molecule has 4 aromatic rings. The Kier molecular flexibility index (Phi) is 3.44. The van der Waals surface area contributed by atoms with Gasteiger partial charge in [0.05, 0.1) is 17.3 Å². The number of aromatic carboxylic acids is 1. The van der Waals surface area contributed by atoms with Gasteiger partial charge < -0.3 is 10.2 Å². The van der Waals surface area contributed by atoms with E-state index in [0.29, 0.717) is 26.8 Å². The maximum Gasteiger partial charge on any atom is 0.341 e. The molecule has 0 aliphatic rings. The predicted molar refractivity (Wildman–Crippen MR) is 90.4 cm³/mol. The zero-order chi connectivity index (χ0) is 16.7. The third-order valence-electron chi connectivity index (χ3n) is 3.34. The van der Waals surface area contributed by atoms with Gasteiger partial charge in [-0.25, -0.2) is 19.7 Å². The van der Waals surface area contributed by atoms with Crippen molar-refractivity contribution in [2.45, 2.75) is 0 Å². The summed E-state index contributed by atoms with van der Waals surface area (Å²) in [5.41, 5.74) is 1.07. The van der Waals surface area contributed by atoms with Gasteiger partial charge in [-0.2, -0.15) is 0 Å². The van der Waals surface area contributed by atoms with Gasteiger partial charge in [0.2, 0.25) is 0 Å². The lowest BCUT2D eigenvalue weighted by Gasteiger charge is -2.09. The lowest BCUT2D eigenvalue weighted by Crippen LogP contribution is -2.02. The third-order valence-corrected chi connectivity index (χ3v) is 4.94. The Bertz CT molecular complexity index is 1050. The van der Waals surface area contributed by atoms with Crippen molar-refractivity contribution >= 4 is 39.7 Å². The molecule has 4 rings (SSSR count). The minimum Gasteiger partial charge on any atom is -0.506 e. The van der Waals surface area contributed by atoms with E-state index >= 15 is 0 Å². The molecule has 0 radical (unpaired) electrons. The van der Waals surface area contributed by atoms with Crippen molar-refractivity contribution in [2.24, 2.45) is 0 Å². The molecule has 0 aliphatic heterocycles. The van der Waals surface area contributed by atoms with Gasteiger partial charge in [0, 0.05) is 23.2 Å². The highest BCUT2D eigenvalue weighted by Gasteiger charge is 2.22. The highest BCUT2D eigenvalue weighted by atomic mass is 32.1. The van der Waals surface area contributed by atoms with E-state index in [0.717, 1.165) is 0 Å². The number of carboxylic acids is 1. The second-order valence-electron chi connectivity index (χ2n) is 4.75. The van der Waals surface area contributed by atoms with E-state index in [9.17, 15) is 15.0 Å². The molecule has 0 saturated carbocycles. The quantitative estimate of drug-likeness (QED) is 0.580. The molecule has 0 saturated heterocycles. The maximum atomic E-state index is 11.6. The molecule has 1 aromatic carbocycles. The Morgan fingerprint density at radius 2 is 1.75 bits per heavy atom. The van der Waals surface area contributed by atoms with E-state index in [-0.39, 0.29) is 16.8 Å². The highest BCUT2D eigenvalue weighted by Crippen LogP contribution is 2.38. The number of phenols is 1. The molecule has 0 aliphatic carbocycles. The number of aromatic hydroxyl groups is 1. The van der Waals surface area contributed by atoms with Gasteiger partial charge in [0.15, 0.2) is 0 Å². The zero-order valence-electron chi connectivity index (χ0n) is 11.9. The van der Waals surface area contributed by atoms with Crippen LogP contribution in [-0.2, 0) is 0 Å². The van der Waals surface area contributed by atoms with Crippen LogP contribution in [-0.4, -0.2) is 36.1 Å². The first-order chi connectivity index (χ1) is 11.6. The summed E-state index contributed by atoms with van der Waals surface area (Å²) in [6.07, 6.45) is 4.70. The van der Waals surface area contributed by atoms with Crippen LogP contribution in [0.5, 0.6) is 5.75 Å². The molecule has 0 atom stereocenters. The maximum absolute atomic E-state index is 11.6. The van der Waals surface area contributed by atoms with E-state index in [4.69, 9.17) is 0 Å². The fraction of sp³-hybridized carbons (Fsp3) is 0. The number of hydrogen-bond donors (Lipinski definition) is 2. The fourth-order valence-electron chi connectivity index (χ4n) is 2.32. The minimum absolute atomic E-state index is 0.126. The Labute approximate surface area is 143 Å². The second-order valence-corrected chi connectivity index (χ2v) is 6.54. The molecule has 3 aromatic heterocycles. The number of carboxylic acid groups (broad SMARTS) is 1. The number of nitrogens with zero attached hydrogens (tertiary/aromatic N) is 4. The molecule has 0 fully saturated rings. The van der Waals surface area contributed by atoms with Crippen LogP contribution in [0.3, 0.4) is 0 Å². The summed E-state index contributed by atoms with van der Waals surface area (Å²) < 4.78 is 0. The topological polar surface area (TPSA) is 109 Å². The van der Waals surface area contributed by atoms with Gasteiger partial charge in [-0.15, -0.1) is 22.7 Å². The highest BCUT2D eigenvalue weighted by molar-refractivity contribution is 7.13. The smallest absolute Gasteiger partial charge is 0.341 e. The van der Waals surface area contributed by atoms with Crippen LogP contribution in [0.25, 0.3) is 32.3 Å². The monoisotopic (exact) mass is 356 g/mol. The summed E-state index contributed by atoms with van der Waals surface area (Å²) in [7, 11) is 0. The molecule has 118 valence electrons. The van der Waals surface area contributed by atoms with Crippen molar-refractivity contribution in [2.75, 3.05) is 0 Å². The van der Waals surface area contributed by atoms with Crippen LogP contribution < -0.4 is 0 Å². The molecule has 0 spiro atoms. The second kappa shape index (κ2) is 5.62. The Hall–Kier alpha value is -2.91. The largest absolute Gasteiger partial charge is 0.506 e. The first kappa shape index (κ1) is 14.7. The van der Waals surface area contributed by atoms with Crippen LogP contribution in [0.4, 0.5) is 0 Å². The van der Waals surface area contributed by atoms with Crippen LogP contribution in [0, 0.1) is 0 Å². The number of fused-ring (bicyclic) bond motifs is 1. The summed E-state index contributed by atoms with van der Waals surface area (Å²) in [6, 6.07) is 1.60. The summed E-state index contributed by atoms with van der Waals surface area (Å²) in [5, 5.41) is 24.6. The van der Waals surface area contributed by atoms with Crippen molar-refractivity contribution < 1.29 is 15.0 Å². The number of rotatable bonds is 3. The van der Waals surface area contributed by atoms with Gasteiger partial charge >= 0.3 is 5.97 Å². The van der Waals surface area contributed by atoms with Crippen LogP contribution >= 0.6 is 22.7 Å². The molecule has 0 amide bonds. The lowest BCUT2D eigenvalue weighted by atomic mass is 10.1. The van der Waals surface area contributed by atoms with E-state index in [1.54, 1.807) is 23.8 Å². The van der Waals surface area contributed by atoms with Crippen molar-refractivity contribution in [3.63, 3.8) is 0 Å². The zero-order valence-corrected chi connectivity index (χ0v) is 13.5. The molecule has 2 N–H and O–H groups in total. The van der Waals surface area contributed by atoms with Crippen LogP contribution in [0.2, 0.25) is 0 Å². The van der Waals surface area contributed by atoms with Gasteiger partial charge in [0.25, 0.3) is 0 Å². The molecule has 9 heteroatoms. The summed E-state index contributed by atoms with van der Waals surface area (Å²) in [4.78, 5) is 28.6. The molecule has 0 unspecified atom stereocenters. The third kappa shape index (κ3) is 2.30. The first-order valence-electron chi connectivity index (χ1n) is 6.71. The number of carbonyl (C=O) groups is 1. The predicted octanol–water partition coefficient (Wildman–Crippen LogP) is 3.28. The average molecular weight is 356 g/mol. The molecular formula is C15H8N4O3S2. The minimum atomic E-state index is -1.27. The van der Waals surface area contributed by atoms with Crippen molar-refractivity contribution in [1.29, 1.82) is 0 Å². The van der Waals surface area contributed by atoms with Crippen molar-refractivity contribution in [1.82, 2.24) is 19.9 Å².